The van der Waals surface area contributed by atoms with Crippen LogP contribution in [0.2, 0.25) is 0 Å². The van der Waals surface area contributed by atoms with E-state index in [-0.39, 0.29) is 11.8 Å². The molecule has 3 rings (SSSR count). The highest BCUT2D eigenvalue weighted by atomic mass is 32.2. The fraction of sp³-hybridized carbons (Fsp3) is 0.579. The molecule has 5 heteroatoms. The summed E-state index contributed by atoms with van der Waals surface area (Å²) in [6.07, 6.45) is 5.04. The average molecular weight is 346 g/mol. The standard InChI is InChI=1S/C19H26N2O2S/c22-18(10-15-24-17-8-2-1-3-9-17)20-11-13-21(14-12-20)19(23)16-6-4-5-7-16/h1-3,8-9,16H,4-7,10-15H2. The number of benzene rings is 1. The fourth-order valence-corrected chi connectivity index (χ4v) is 4.40. The van der Waals surface area contributed by atoms with E-state index in [1.807, 2.05) is 28.0 Å². The largest absolute Gasteiger partial charge is 0.339 e. The summed E-state index contributed by atoms with van der Waals surface area (Å²) >= 11 is 1.72. The maximum Gasteiger partial charge on any atom is 0.225 e. The molecule has 0 radical (unpaired) electrons. The van der Waals surface area contributed by atoms with Crippen LogP contribution in [0.15, 0.2) is 35.2 Å². The molecule has 0 atom stereocenters. The van der Waals surface area contributed by atoms with Gasteiger partial charge in [-0.05, 0) is 25.0 Å². The fourth-order valence-electron chi connectivity index (χ4n) is 3.54. The van der Waals surface area contributed by atoms with Crippen LogP contribution in [-0.2, 0) is 9.59 Å². The van der Waals surface area contributed by atoms with Gasteiger partial charge in [-0.15, -0.1) is 11.8 Å². The first kappa shape index (κ1) is 17.3. The van der Waals surface area contributed by atoms with Crippen LogP contribution in [0.3, 0.4) is 0 Å². The van der Waals surface area contributed by atoms with Crippen LogP contribution >= 0.6 is 11.8 Å². The van der Waals surface area contributed by atoms with Crippen molar-refractivity contribution in [1.82, 2.24) is 9.80 Å². The Labute approximate surface area is 148 Å². The van der Waals surface area contributed by atoms with E-state index in [0.29, 0.717) is 38.5 Å². The molecule has 130 valence electrons. The van der Waals surface area contributed by atoms with Crippen molar-refractivity contribution >= 4 is 23.6 Å². The lowest BCUT2D eigenvalue weighted by Crippen LogP contribution is -2.51. The SMILES string of the molecule is O=C(CCSc1ccccc1)N1CCN(C(=O)C2CCCC2)CC1. The summed E-state index contributed by atoms with van der Waals surface area (Å²) in [7, 11) is 0. The Balaban J connectivity index is 1.38. The zero-order chi connectivity index (χ0) is 16.8. The molecule has 0 unspecified atom stereocenters. The number of nitrogens with zero attached hydrogens (tertiary/aromatic N) is 2. The minimum Gasteiger partial charge on any atom is -0.339 e. The predicted octanol–water partition coefficient (Wildman–Crippen LogP) is 3.03. The van der Waals surface area contributed by atoms with Gasteiger partial charge in [0, 0.05) is 49.2 Å². The highest BCUT2D eigenvalue weighted by molar-refractivity contribution is 7.99. The molecule has 1 aromatic carbocycles. The second-order valence-corrected chi connectivity index (χ2v) is 7.77. The topological polar surface area (TPSA) is 40.6 Å². The van der Waals surface area contributed by atoms with Gasteiger partial charge in [-0.1, -0.05) is 31.0 Å². The van der Waals surface area contributed by atoms with E-state index in [0.717, 1.165) is 18.6 Å². The maximum absolute atomic E-state index is 12.4. The zero-order valence-electron chi connectivity index (χ0n) is 14.2. The van der Waals surface area contributed by atoms with E-state index in [2.05, 4.69) is 12.1 Å². The van der Waals surface area contributed by atoms with Gasteiger partial charge in [-0.3, -0.25) is 9.59 Å². The molecule has 2 aliphatic rings. The van der Waals surface area contributed by atoms with Crippen LogP contribution in [-0.4, -0.2) is 53.5 Å². The maximum atomic E-state index is 12.4. The van der Waals surface area contributed by atoms with Crippen LogP contribution in [0, 0.1) is 5.92 Å². The van der Waals surface area contributed by atoms with Crippen molar-refractivity contribution in [1.29, 1.82) is 0 Å². The summed E-state index contributed by atoms with van der Waals surface area (Å²) in [6, 6.07) is 10.2. The van der Waals surface area contributed by atoms with E-state index in [1.54, 1.807) is 11.8 Å². The number of carbonyl (C=O) groups is 2. The van der Waals surface area contributed by atoms with Crippen molar-refractivity contribution in [3.8, 4) is 0 Å². The van der Waals surface area contributed by atoms with Crippen LogP contribution in [0.4, 0.5) is 0 Å². The highest BCUT2D eigenvalue weighted by Crippen LogP contribution is 2.27. The summed E-state index contributed by atoms with van der Waals surface area (Å²) < 4.78 is 0. The van der Waals surface area contributed by atoms with Crippen molar-refractivity contribution in [2.45, 2.75) is 37.0 Å². The Kier molecular flexibility index (Phi) is 6.18. The average Bonchev–Trinajstić information content (AvgIpc) is 3.17. The van der Waals surface area contributed by atoms with E-state index >= 15 is 0 Å². The van der Waals surface area contributed by atoms with Crippen molar-refractivity contribution in [3.63, 3.8) is 0 Å². The third-order valence-electron chi connectivity index (χ3n) is 4.98. The van der Waals surface area contributed by atoms with Gasteiger partial charge < -0.3 is 9.80 Å². The lowest BCUT2D eigenvalue weighted by molar-refractivity contribution is -0.141. The van der Waals surface area contributed by atoms with Gasteiger partial charge in [0.25, 0.3) is 0 Å². The lowest BCUT2D eigenvalue weighted by Gasteiger charge is -2.36. The smallest absolute Gasteiger partial charge is 0.225 e. The molecule has 0 N–H and O–H groups in total. The first-order valence-electron chi connectivity index (χ1n) is 8.98. The molecule has 1 saturated heterocycles. The van der Waals surface area contributed by atoms with E-state index < -0.39 is 0 Å². The molecule has 1 aliphatic carbocycles. The van der Waals surface area contributed by atoms with Gasteiger partial charge in [0.15, 0.2) is 0 Å². The quantitative estimate of drug-likeness (QED) is 0.770. The summed E-state index contributed by atoms with van der Waals surface area (Å²) in [6.45, 7) is 2.78. The third kappa shape index (κ3) is 4.53. The molecule has 1 saturated carbocycles. The summed E-state index contributed by atoms with van der Waals surface area (Å²) in [4.78, 5) is 29.9. The van der Waals surface area contributed by atoms with E-state index in [1.165, 1.54) is 17.7 Å². The highest BCUT2D eigenvalue weighted by Gasteiger charge is 2.30. The molecule has 0 aromatic heterocycles. The van der Waals surface area contributed by atoms with Crippen molar-refractivity contribution < 1.29 is 9.59 Å². The second kappa shape index (κ2) is 8.56. The zero-order valence-corrected chi connectivity index (χ0v) is 15.0. The van der Waals surface area contributed by atoms with E-state index in [9.17, 15) is 9.59 Å². The van der Waals surface area contributed by atoms with E-state index in [4.69, 9.17) is 0 Å². The molecule has 0 bridgehead atoms. The number of piperazine rings is 1. The Hall–Kier alpha value is -1.49. The van der Waals surface area contributed by atoms with Gasteiger partial charge in [-0.2, -0.15) is 0 Å². The number of thioether (sulfide) groups is 1. The molecule has 4 nitrogen and oxygen atoms in total. The second-order valence-electron chi connectivity index (χ2n) is 6.60. The Morgan fingerprint density at radius 3 is 2.25 bits per heavy atom. The molecule has 1 aromatic rings. The van der Waals surface area contributed by atoms with Crippen LogP contribution < -0.4 is 0 Å². The van der Waals surface area contributed by atoms with Gasteiger partial charge in [0.2, 0.25) is 11.8 Å². The number of hydrogen-bond acceptors (Lipinski definition) is 3. The molecular formula is C19H26N2O2S. The first-order chi connectivity index (χ1) is 11.7. The normalized spacial score (nSPS) is 18.8. The van der Waals surface area contributed by atoms with Gasteiger partial charge >= 0.3 is 0 Å². The Bertz CT molecular complexity index is 550. The minimum atomic E-state index is 0.214. The molecule has 0 spiro atoms. The third-order valence-corrected chi connectivity index (χ3v) is 5.99. The van der Waals surface area contributed by atoms with Gasteiger partial charge in [0.1, 0.15) is 0 Å². The monoisotopic (exact) mass is 346 g/mol. The molecule has 1 heterocycles. The van der Waals surface area contributed by atoms with Crippen LogP contribution in [0.1, 0.15) is 32.1 Å². The number of hydrogen-bond donors (Lipinski definition) is 0. The summed E-state index contributed by atoms with van der Waals surface area (Å²) in [5.74, 6) is 1.59. The molecule has 2 fully saturated rings. The van der Waals surface area contributed by atoms with Crippen LogP contribution in [0.25, 0.3) is 0 Å². The minimum absolute atomic E-state index is 0.214. The summed E-state index contributed by atoms with van der Waals surface area (Å²) in [5, 5.41) is 0. The Morgan fingerprint density at radius 2 is 1.58 bits per heavy atom. The van der Waals surface area contributed by atoms with Gasteiger partial charge in [-0.25, -0.2) is 0 Å². The van der Waals surface area contributed by atoms with Crippen molar-refractivity contribution in [3.05, 3.63) is 30.3 Å². The predicted molar refractivity (Wildman–Crippen MR) is 96.9 cm³/mol. The Morgan fingerprint density at radius 1 is 0.958 bits per heavy atom. The lowest BCUT2D eigenvalue weighted by atomic mass is 10.1. The van der Waals surface area contributed by atoms with Crippen molar-refractivity contribution in [2.75, 3.05) is 31.9 Å². The van der Waals surface area contributed by atoms with Crippen molar-refractivity contribution in [2.24, 2.45) is 5.92 Å². The summed E-state index contributed by atoms with van der Waals surface area (Å²) in [5.41, 5.74) is 0. The van der Waals surface area contributed by atoms with Crippen LogP contribution in [0.5, 0.6) is 0 Å². The number of carbonyl (C=O) groups excluding carboxylic acids is 2. The molecule has 1 aliphatic heterocycles. The van der Waals surface area contributed by atoms with Gasteiger partial charge in [0.05, 0.1) is 0 Å². The first-order valence-corrected chi connectivity index (χ1v) is 9.97. The number of rotatable bonds is 5. The molecule has 2 amide bonds. The molecular weight excluding hydrogens is 320 g/mol. The molecule has 24 heavy (non-hydrogen) atoms. The number of amides is 2.